The van der Waals surface area contributed by atoms with Gasteiger partial charge in [0.25, 0.3) is 0 Å². The number of ether oxygens (including phenoxy) is 4. The van der Waals surface area contributed by atoms with Crippen LogP contribution in [0.5, 0.6) is 23.0 Å². The van der Waals surface area contributed by atoms with Gasteiger partial charge in [0.05, 0.1) is 43.9 Å². The first kappa shape index (κ1) is 58.5. The highest BCUT2D eigenvalue weighted by molar-refractivity contribution is 5.92. The van der Waals surface area contributed by atoms with Crippen molar-refractivity contribution in [2.75, 3.05) is 33.0 Å². The second-order valence-corrected chi connectivity index (χ2v) is 23.1. The fourth-order valence-electron chi connectivity index (χ4n) is 13.4. The van der Waals surface area contributed by atoms with Crippen LogP contribution in [0.4, 0.5) is 0 Å². The first-order chi connectivity index (χ1) is 41.9. The summed E-state index contributed by atoms with van der Waals surface area (Å²) >= 11 is 0. The Labute approximate surface area is 504 Å². The maximum atomic E-state index is 12.1. The smallest absolute Gasteiger partial charge is 0.124 e. The Morgan fingerprint density at radius 3 is 1.35 bits per heavy atom. The fraction of sp³-hybridized carbons (Fsp3) is 0.291. The van der Waals surface area contributed by atoms with E-state index in [-0.39, 0.29) is 12.4 Å². The highest BCUT2D eigenvalue weighted by Crippen LogP contribution is 2.59. The summed E-state index contributed by atoms with van der Waals surface area (Å²) in [6.45, 7) is 11.6. The van der Waals surface area contributed by atoms with E-state index in [0.717, 1.165) is 105 Å². The molecule has 0 radical (unpaired) electrons. The first-order valence-electron chi connectivity index (χ1n) is 31.4. The number of hydrogen-bond acceptors (Lipinski definition) is 6. The van der Waals surface area contributed by atoms with Crippen molar-refractivity contribution in [3.63, 3.8) is 0 Å². The molecular formula is C79H82O6. The normalized spacial score (nSPS) is 13.6. The van der Waals surface area contributed by atoms with E-state index in [1.807, 2.05) is 12.1 Å². The molecule has 85 heavy (non-hydrogen) atoms. The molecule has 6 heteroatoms. The summed E-state index contributed by atoms with van der Waals surface area (Å²) in [5.41, 5.74) is 12.0. The summed E-state index contributed by atoms with van der Waals surface area (Å²) in [6, 6.07) is 66.7. The SMILES string of the molecule is C=C(/C=C\C(=C/CO)OCCCCCCCC)C1(c2ccc3cc(OCCCCOc4ccc5cc(C6(c7ccc(OCCCCCCCC)cc7O)c7ccccc7-c7ccccc76)ccc5c4)ccc3c2)c2ccccc2-c2ccccc21. The zero-order valence-corrected chi connectivity index (χ0v) is 49.8. The van der Waals surface area contributed by atoms with Crippen molar-refractivity contribution in [2.24, 2.45) is 0 Å². The minimum Gasteiger partial charge on any atom is -0.507 e. The number of aliphatic hydroxyl groups is 1. The van der Waals surface area contributed by atoms with E-state index >= 15 is 0 Å². The molecule has 2 aliphatic carbocycles. The Morgan fingerprint density at radius 2 is 0.824 bits per heavy atom. The number of hydrogen-bond donors (Lipinski definition) is 2. The molecule has 0 spiro atoms. The molecule has 434 valence electrons. The molecule has 0 amide bonds. The third-order valence-electron chi connectivity index (χ3n) is 17.6. The van der Waals surface area contributed by atoms with Crippen LogP contribution in [0.1, 0.15) is 143 Å². The number of aliphatic hydroxyl groups excluding tert-OH is 1. The predicted molar refractivity (Wildman–Crippen MR) is 350 cm³/mol. The molecule has 0 atom stereocenters. The molecule has 0 aliphatic heterocycles. The van der Waals surface area contributed by atoms with Crippen LogP contribution in [-0.2, 0) is 15.6 Å². The van der Waals surface area contributed by atoms with Gasteiger partial charge in [0.2, 0.25) is 0 Å². The van der Waals surface area contributed by atoms with Crippen LogP contribution >= 0.6 is 0 Å². The quantitative estimate of drug-likeness (QED) is 0.0265. The molecule has 0 saturated heterocycles. The topological polar surface area (TPSA) is 77.4 Å². The zero-order chi connectivity index (χ0) is 58.4. The standard InChI is InChI=1S/C79H82O6/c1-4-6-8-10-12-22-48-82-64(46-47-80)41-34-57(3)78(72-30-18-14-26-68(72)69-27-15-19-31-73(69)78)62-39-35-60-54-65(42-37-58(60)52-62)83-50-24-25-51-84-66-43-38-59-53-63(40-36-61(59)55-66)79(74-32-20-16-28-70(74)71-29-17-21-33-75(71)79)76-45-44-67(56-77(76)81)85-49-23-13-11-9-7-5-2/h14-21,26-46,52-56,80-81H,3-13,22-25,47-51H2,1-2H3/b41-34-,64-46+. The monoisotopic (exact) mass is 1130 g/mol. The van der Waals surface area contributed by atoms with Crippen molar-refractivity contribution in [3.8, 4) is 45.3 Å². The fourth-order valence-corrected chi connectivity index (χ4v) is 13.4. The molecule has 0 saturated carbocycles. The highest BCUT2D eigenvalue weighted by atomic mass is 16.5. The lowest BCUT2D eigenvalue weighted by Crippen LogP contribution is -2.28. The van der Waals surface area contributed by atoms with Gasteiger partial charge in [0.1, 0.15) is 28.8 Å². The van der Waals surface area contributed by atoms with E-state index in [1.54, 1.807) is 12.1 Å². The van der Waals surface area contributed by atoms with Crippen LogP contribution in [0, 0.1) is 0 Å². The molecule has 6 nitrogen and oxygen atoms in total. The minimum atomic E-state index is -0.752. The first-order valence-corrected chi connectivity index (χ1v) is 31.4. The van der Waals surface area contributed by atoms with Crippen molar-refractivity contribution in [1.82, 2.24) is 0 Å². The van der Waals surface area contributed by atoms with Crippen LogP contribution in [0.2, 0.25) is 0 Å². The Bertz CT molecular complexity index is 3730. The van der Waals surface area contributed by atoms with Gasteiger partial charge in [0.15, 0.2) is 0 Å². The number of aromatic hydroxyl groups is 1. The average molecular weight is 1130 g/mol. The zero-order valence-electron chi connectivity index (χ0n) is 49.8. The predicted octanol–water partition coefficient (Wildman–Crippen LogP) is 19.7. The van der Waals surface area contributed by atoms with Crippen molar-refractivity contribution in [1.29, 1.82) is 0 Å². The molecule has 2 N–H and O–H groups in total. The van der Waals surface area contributed by atoms with E-state index in [0.29, 0.717) is 37.9 Å². The van der Waals surface area contributed by atoms with Gasteiger partial charge in [0, 0.05) is 11.6 Å². The van der Waals surface area contributed by atoms with E-state index in [9.17, 15) is 10.2 Å². The lowest BCUT2D eigenvalue weighted by atomic mass is 9.67. The van der Waals surface area contributed by atoms with Crippen molar-refractivity contribution < 1.29 is 29.2 Å². The minimum absolute atomic E-state index is 0.102. The summed E-state index contributed by atoms with van der Waals surface area (Å²) in [6.07, 6.45) is 21.8. The van der Waals surface area contributed by atoms with Crippen molar-refractivity contribution in [3.05, 3.63) is 263 Å². The molecule has 9 aromatic carbocycles. The highest BCUT2D eigenvalue weighted by Gasteiger charge is 2.48. The lowest BCUT2D eigenvalue weighted by molar-refractivity contribution is 0.212. The summed E-state index contributed by atoms with van der Waals surface area (Å²) in [4.78, 5) is 0. The van der Waals surface area contributed by atoms with Gasteiger partial charge in [-0.25, -0.2) is 0 Å². The molecule has 11 rings (SSSR count). The Balaban J connectivity index is 0.748. The van der Waals surface area contributed by atoms with Crippen LogP contribution in [-0.4, -0.2) is 43.2 Å². The molecule has 0 heterocycles. The average Bonchev–Trinajstić information content (AvgIpc) is 1.92. The molecule has 2 aliphatic rings. The van der Waals surface area contributed by atoms with Gasteiger partial charge in [-0.3, -0.25) is 0 Å². The van der Waals surface area contributed by atoms with Crippen LogP contribution < -0.4 is 14.2 Å². The Morgan fingerprint density at radius 1 is 0.412 bits per heavy atom. The van der Waals surface area contributed by atoms with E-state index in [4.69, 9.17) is 25.5 Å². The maximum absolute atomic E-state index is 12.1. The van der Waals surface area contributed by atoms with Gasteiger partial charge in [-0.2, -0.15) is 0 Å². The van der Waals surface area contributed by atoms with Crippen LogP contribution in [0.25, 0.3) is 43.8 Å². The second kappa shape index (κ2) is 27.6. The number of allylic oxidation sites excluding steroid dienone is 3. The number of benzene rings is 9. The number of phenolic OH excluding ortho intramolecular Hbond substituents is 1. The number of phenols is 1. The summed E-state index contributed by atoms with van der Waals surface area (Å²) in [7, 11) is 0. The van der Waals surface area contributed by atoms with Gasteiger partial charge >= 0.3 is 0 Å². The van der Waals surface area contributed by atoms with Crippen molar-refractivity contribution in [2.45, 2.75) is 115 Å². The molecule has 0 unspecified atom stereocenters. The number of unbranched alkanes of at least 4 members (excludes halogenated alkanes) is 11. The number of fused-ring (bicyclic) bond motifs is 8. The maximum Gasteiger partial charge on any atom is 0.124 e. The lowest BCUT2D eigenvalue weighted by Gasteiger charge is -2.34. The van der Waals surface area contributed by atoms with Gasteiger partial charge in [-0.05, 0) is 163 Å². The van der Waals surface area contributed by atoms with Crippen LogP contribution in [0.3, 0.4) is 0 Å². The van der Waals surface area contributed by atoms with Gasteiger partial charge < -0.3 is 29.2 Å². The molecule has 9 aromatic rings. The summed E-state index contributed by atoms with van der Waals surface area (Å²) in [5, 5.41) is 26.4. The Hall–Kier alpha value is -8.32. The van der Waals surface area contributed by atoms with E-state index in [1.165, 1.54) is 84.7 Å². The van der Waals surface area contributed by atoms with Gasteiger partial charge in [-0.15, -0.1) is 0 Å². The second-order valence-electron chi connectivity index (χ2n) is 23.1. The molecular weight excluding hydrogens is 1040 g/mol. The van der Waals surface area contributed by atoms with Crippen LogP contribution in [0.15, 0.2) is 224 Å². The molecule has 0 bridgehead atoms. The largest absolute Gasteiger partial charge is 0.507 e. The number of rotatable bonds is 30. The Kier molecular flexibility index (Phi) is 19.0. The van der Waals surface area contributed by atoms with E-state index < -0.39 is 10.8 Å². The summed E-state index contributed by atoms with van der Waals surface area (Å²) in [5.74, 6) is 3.24. The van der Waals surface area contributed by atoms with E-state index in [2.05, 4.69) is 196 Å². The summed E-state index contributed by atoms with van der Waals surface area (Å²) < 4.78 is 25.2. The third-order valence-corrected chi connectivity index (χ3v) is 17.6. The molecule has 0 fully saturated rings. The third kappa shape index (κ3) is 12.2. The molecule has 0 aromatic heterocycles. The van der Waals surface area contributed by atoms with Gasteiger partial charge in [-0.1, -0.05) is 230 Å². The van der Waals surface area contributed by atoms with Crippen molar-refractivity contribution >= 4 is 21.5 Å².